The highest BCUT2D eigenvalue weighted by Crippen LogP contribution is 2.23. The van der Waals surface area contributed by atoms with Crippen LogP contribution in [0, 0.1) is 11.6 Å². The number of nitrogens with one attached hydrogen (secondary N) is 1. The molecule has 4 aromatic carbocycles. The van der Waals surface area contributed by atoms with Gasteiger partial charge in [0.1, 0.15) is 29.0 Å². The largest absolute Gasteiger partial charge is 0.373 e. The third-order valence-electron chi connectivity index (χ3n) is 10.2. The molecule has 2 amide bonds. The van der Waals surface area contributed by atoms with Gasteiger partial charge in [-0.3, -0.25) is 28.9 Å². The highest BCUT2D eigenvalue weighted by molar-refractivity contribution is 5.98. The van der Waals surface area contributed by atoms with E-state index in [9.17, 15) is 32.8 Å². The third-order valence-corrected chi connectivity index (χ3v) is 10.2. The van der Waals surface area contributed by atoms with Gasteiger partial charge in [0, 0.05) is 72.8 Å². The van der Waals surface area contributed by atoms with Crippen LogP contribution in [0.5, 0.6) is 0 Å². The summed E-state index contributed by atoms with van der Waals surface area (Å²) in [5.41, 5.74) is 13.0. The van der Waals surface area contributed by atoms with Crippen LogP contribution < -0.4 is 27.6 Å². The van der Waals surface area contributed by atoms with E-state index in [0.717, 1.165) is 31.7 Å². The van der Waals surface area contributed by atoms with Crippen LogP contribution in [0.2, 0.25) is 0 Å². The number of halogens is 2. The zero-order chi connectivity index (χ0) is 44.0. The summed E-state index contributed by atoms with van der Waals surface area (Å²) in [7, 11) is 0. The lowest BCUT2D eigenvalue weighted by atomic mass is 10.1. The summed E-state index contributed by atoms with van der Waals surface area (Å²) in [6, 6.07) is 21.6. The Morgan fingerprint density at radius 3 is 1.51 bits per heavy atom. The first-order chi connectivity index (χ1) is 29.1. The highest BCUT2D eigenvalue weighted by Gasteiger charge is 2.23. The Kier molecular flexibility index (Phi) is 16.9. The molecule has 6 aromatic rings. The summed E-state index contributed by atoms with van der Waals surface area (Å²) in [5.74, 6) is -2.43. The van der Waals surface area contributed by atoms with E-state index in [1.54, 1.807) is 33.4 Å². The molecule has 0 radical (unpaired) electrons. The van der Waals surface area contributed by atoms with Gasteiger partial charge in [0.05, 0.1) is 35.4 Å². The molecule has 0 unspecified atom stereocenters. The SMILES string of the molecule is C.C.C[C@@H]1CN(Cc2ccc3c(c2)c(=O)c(C(N)=O)cn3-c2ccc(F)cc2)C[C@H](C)O1.C[C@@H]1CNC[C@H](C)O1.NC(=O)c1cn(-c2ccc(F)cc2)c2ccc(C=O)cc2c1=O. The number of rotatable bonds is 7. The van der Waals surface area contributed by atoms with Gasteiger partial charge in [0.2, 0.25) is 10.9 Å². The highest BCUT2D eigenvalue weighted by atomic mass is 19.1. The number of morpholine rings is 2. The predicted molar refractivity (Wildman–Crippen MR) is 243 cm³/mol. The summed E-state index contributed by atoms with van der Waals surface area (Å²) in [5, 5.41) is 3.85. The van der Waals surface area contributed by atoms with Crippen molar-refractivity contribution in [2.75, 3.05) is 26.2 Å². The van der Waals surface area contributed by atoms with Crippen molar-refractivity contribution in [3.8, 4) is 11.4 Å². The van der Waals surface area contributed by atoms with E-state index in [2.05, 4.69) is 24.1 Å². The molecule has 0 aliphatic carbocycles. The molecule has 5 N–H and O–H groups in total. The number of aromatic nitrogens is 2. The maximum atomic E-state index is 13.4. The number of amides is 2. The molecule has 15 heteroatoms. The molecule has 8 rings (SSSR count). The van der Waals surface area contributed by atoms with Gasteiger partial charge in [-0.05, 0) is 112 Å². The lowest BCUT2D eigenvalue weighted by molar-refractivity contribution is -0.0704. The smallest absolute Gasteiger partial charge is 0.254 e. The molecule has 2 saturated heterocycles. The van der Waals surface area contributed by atoms with Crippen LogP contribution in [0.25, 0.3) is 33.2 Å². The van der Waals surface area contributed by atoms with Crippen LogP contribution in [0.1, 0.15) is 79.2 Å². The Morgan fingerprint density at radius 1 is 0.667 bits per heavy atom. The molecule has 334 valence electrons. The second-order valence-electron chi connectivity index (χ2n) is 15.3. The van der Waals surface area contributed by atoms with Crippen molar-refractivity contribution in [2.24, 2.45) is 11.5 Å². The van der Waals surface area contributed by atoms with Gasteiger partial charge < -0.3 is 35.4 Å². The number of fused-ring (bicyclic) bond motifs is 2. The summed E-state index contributed by atoms with van der Waals surface area (Å²) >= 11 is 0. The number of pyridine rings is 2. The lowest BCUT2D eigenvalue weighted by Crippen LogP contribution is -2.44. The minimum atomic E-state index is -0.871. The number of hydrogen-bond donors (Lipinski definition) is 3. The normalized spacial score (nSPS) is 18.4. The van der Waals surface area contributed by atoms with Crippen molar-refractivity contribution in [3.63, 3.8) is 0 Å². The van der Waals surface area contributed by atoms with E-state index in [0.29, 0.717) is 58.4 Å². The Labute approximate surface area is 365 Å². The first-order valence-corrected chi connectivity index (χ1v) is 19.8. The van der Waals surface area contributed by atoms with Gasteiger partial charge in [-0.1, -0.05) is 20.9 Å². The summed E-state index contributed by atoms with van der Waals surface area (Å²) in [6.45, 7) is 12.6. The molecule has 2 fully saturated rings. The molecule has 4 heterocycles. The molecular weight excluding hydrogens is 811 g/mol. The van der Waals surface area contributed by atoms with Crippen LogP contribution in [-0.4, -0.2) is 82.7 Å². The number of hydrogen-bond acceptors (Lipinski definition) is 9. The molecular formula is C48H56F2N6O7. The first-order valence-electron chi connectivity index (χ1n) is 19.8. The van der Waals surface area contributed by atoms with Gasteiger partial charge >= 0.3 is 0 Å². The topological polar surface area (TPSA) is 181 Å². The maximum absolute atomic E-state index is 13.4. The average molecular weight is 867 g/mol. The maximum Gasteiger partial charge on any atom is 0.254 e. The van der Waals surface area contributed by atoms with E-state index >= 15 is 0 Å². The second kappa shape index (κ2) is 21.6. The molecule has 0 saturated carbocycles. The summed E-state index contributed by atoms with van der Waals surface area (Å²) < 4.78 is 40.9. The predicted octanol–water partition coefficient (Wildman–Crippen LogP) is 6.53. The van der Waals surface area contributed by atoms with Gasteiger partial charge in [-0.15, -0.1) is 0 Å². The van der Waals surface area contributed by atoms with E-state index in [-0.39, 0.29) is 49.4 Å². The fraction of sp³-hybridized carbons (Fsp3) is 0.312. The van der Waals surface area contributed by atoms with Crippen molar-refractivity contribution < 1.29 is 32.6 Å². The van der Waals surface area contributed by atoms with Crippen molar-refractivity contribution in [1.82, 2.24) is 19.4 Å². The molecule has 0 bridgehead atoms. The van der Waals surface area contributed by atoms with E-state index < -0.39 is 28.5 Å². The van der Waals surface area contributed by atoms with E-state index in [4.69, 9.17) is 20.9 Å². The number of nitrogens with zero attached hydrogens (tertiary/aromatic N) is 3. The Balaban J connectivity index is 0.000000234. The van der Waals surface area contributed by atoms with E-state index in [1.807, 2.05) is 32.0 Å². The number of carbonyl (C=O) groups is 3. The van der Waals surface area contributed by atoms with Crippen molar-refractivity contribution in [1.29, 1.82) is 0 Å². The minimum Gasteiger partial charge on any atom is -0.373 e. The van der Waals surface area contributed by atoms with E-state index in [1.165, 1.54) is 54.9 Å². The van der Waals surface area contributed by atoms with Crippen molar-refractivity contribution >= 4 is 39.9 Å². The van der Waals surface area contributed by atoms with Crippen molar-refractivity contribution in [3.05, 3.63) is 152 Å². The fourth-order valence-corrected chi connectivity index (χ4v) is 7.53. The van der Waals surface area contributed by atoms with Crippen LogP contribution in [0.3, 0.4) is 0 Å². The number of carbonyl (C=O) groups excluding carboxylic acids is 3. The molecule has 2 aromatic heterocycles. The molecule has 2 aliphatic heterocycles. The zero-order valence-corrected chi connectivity index (χ0v) is 34.3. The summed E-state index contributed by atoms with van der Waals surface area (Å²) in [4.78, 5) is 62.0. The zero-order valence-electron chi connectivity index (χ0n) is 34.3. The van der Waals surface area contributed by atoms with Gasteiger partial charge in [-0.2, -0.15) is 0 Å². The van der Waals surface area contributed by atoms with Crippen LogP contribution >= 0.6 is 0 Å². The average Bonchev–Trinajstić information content (AvgIpc) is 3.22. The Bertz CT molecular complexity index is 2670. The number of ether oxygens (including phenoxy) is 2. The fourth-order valence-electron chi connectivity index (χ4n) is 7.53. The number of aldehydes is 1. The van der Waals surface area contributed by atoms with Crippen LogP contribution in [0.4, 0.5) is 8.78 Å². The molecule has 13 nitrogen and oxygen atoms in total. The molecule has 2 aliphatic rings. The standard InChI is InChI=1S/C23H24FN3O3.C17H11FN2O3.C6H13NO.2CH4/c1-14-10-26(11-15(2)30-14)12-16-3-8-21-19(9-16)22(28)20(23(25)29)13-27(21)18-6-4-17(24)5-7-18;18-11-2-4-12(5-3-11)20-8-14(17(19)23)16(22)13-7-10(9-21)1-6-15(13)20;1-5-3-7-4-6(2)8-5;;/h3-9,13-15H,10-12H2,1-2H3,(H2,25,29);1-9H,(H2,19,23);5-7H,3-4H2,1-2H3;2*1H4/t14-,15+;;5-,6+;;. The van der Waals surface area contributed by atoms with Gasteiger partial charge in [-0.25, -0.2) is 8.78 Å². The Hall–Kier alpha value is -6.39. The molecule has 0 spiro atoms. The third kappa shape index (κ3) is 12.0. The number of nitrogens with two attached hydrogens (primary N) is 2. The second-order valence-corrected chi connectivity index (χ2v) is 15.3. The van der Waals surface area contributed by atoms with Gasteiger partial charge in [0.25, 0.3) is 11.8 Å². The first kappa shape index (κ1) is 49.3. The van der Waals surface area contributed by atoms with Crippen LogP contribution in [0.15, 0.2) is 107 Å². The lowest BCUT2D eigenvalue weighted by Gasteiger charge is -2.35. The Morgan fingerprint density at radius 2 is 1.10 bits per heavy atom. The molecule has 63 heavy (non-hydrogen) atoms. The number of benzene rings is 4. The van der Waals surface area contributed by atoms with Crippen molar-refractivity contribution in [2.45, 2.75) is 73.5 Å². The summed E-state index contributed by atoms with van der Waals surface area (Å²) in [6.07, 6.45) is 4.44. The minimum absolute atomic E-state index is 0. The van der Waals surface area contributed by atoms with Crippen LogP contribution in [-0.2, 0) is 16.0 Å². The van der Waals surface area contributed by atoms with Gasteiger partial charge in [0.15, 0.2) is 0 Å². The number of primary amides is 2. The molecule has 4 atom stereocenters. The monoisotopic (exact) mass is 866 g/mol. The quantitative estimate of drug-likeness (QED) is 0.150.